The molecule has 0 aromatic carbocycles. The quantitative estimate of drug-likeness (QED) is 0.700. The maximum atomic E-state index is 5.69. The molecule has 4 heteroatoms. The van der Waals surface area contributed by atoms with Crippen LogP contribution in [0.2, 0.25) is 0 Å². The third-order valence-electron chi connectivity index (χ3n) is 2.21. The van der Waals surface area contributed by atoms with Crippen molar-refractivity contribution in [1.82, 2.24) is 4.98 Å². The number of methoxy groups -OCH3 is 1. The van der Waals surface area contributed by atoms with Crippen molar-refractivity contribution in [2.24, 2.45) is 0 Å². The Morgan fingerprint density at radius 2 is 2.33 bits per heavy atom. The summed E-state index contributed by atoms with van der Waals surface area (Å²) in [6.45, 7) is 3.92. The van der Waals surface area contributed by atoms with Crippen LogP contribution in [0.1, 0.15) is 13.3 Å². The zero-order chi connectivity index (χ0) is 11.1. The maximum absolute atomic E-state index is 5.69. The molecule has 0 saturated carbocycles. The van der Waals surface area contributed by atoms with Gasteiger partial charge in [-0.2, -0.15) is 0 Å². The molecule has 1 heterocycles. The number of hydrogen-bond donors (Lipinski definition) is 0. The van der Waals surface area contributed by atoms with Crippen LogP contribution in [0.5, 0.6) is 5.75 Å². The van der Waals surface area contributed by atoms with Crippen LogP contribution in [0.25, 0.3) is 0 Å². The lowest BCUT2D eigenvalue weighted by Crippen LogP contribution is -2.25. The molecular weight excluding hydrogens is 212 g/mol. The Balaban J connectivity index is 2.80. The van der Waals surface area contributed by atoms with Gasteiger partial charge in [-0.05, 0) is 25.5 Å². The van der Waals surface area contributed by atoms with Gasteiger partial charge in [0.15, 0.2) is 11.6 Å². The minimum Gasteiger partial charge on any atom is -0.493 e. The topological polar surface area (TPSA) is 25.4 Å². The molecule has 3 nitrogen and oxygen atoms in total. The van der Waals surface area contributed by atoms with Gasteiger partial charge in [0.05, 0.1) is 7.11 Å². The zero-order valence-corrected chi connectivity index (χ0v) is 10.00. The SMILES string of the molecule is CCN(CCCCl)c1ncccc1OC. The number of alkyl halides is 1. The van der Waals surface area contributed by atoms with Crippen LogP contribution in [0.15, 0.2) is 18.3 Å². The number of nitrogens with zero attached hydrogens (tertiary/aromatic N) is 2. The minimum atomic E-state index is 0.672. The van der Waals surface area contributed by atoms with Crippen molar-refractivity contribution >= 4 is 17.4 Å². The predicted molar refractivity (Wildman–Crippen MR) is 64.0 cm³/mol. The van der Waals surface area contributed by atoms with Gasteiger partial charge in [0, 0.05) is 25.2 Å². The molecule has 0 spiro atoms. The van der Waals surface area contributed by atoms with Crippen LogP contribution in [-0.4, -0.2) is 31.1 Å². The predicted octanol–water partition coefficient (Wildman–Crippen LogP) is 2.55. The number of ether oxygens (including phenoxy) is 1. The summed E-state index contributed by atoms with van der Waals surface area (Å²) in [5, 5.41) is 0. The molecule has 0 fully saturated rings. The summed E-state index contributed by atoms with van der Waals surface area (Å²) >= 11 is 5.69. The first kappa shape index (κ1) is 12.1. The second kappa shape index (κ2) is 6.51. The van der Waals surface area contributed by atoms with E-state index >= 15 is 0 Å². The lowest BCUT2D eigenvalue weighted by molar-refractivity contribution is 0.412. The third kappa shape index (κ3) is 3.27. The molecule has 0 radical (unpaired) electrons. The van der Waals surface area contributed by atoms with Gasteiger partial charge in [0.25, 0.3) is 0 Å². The molecule has 0 N–H and O–H groups in total. The number of hydrogen-bond acceptors (Lipinski definition) is 3. The number of anilines is 1. The Kier molecular flexibility index (Phi) is 5.26. The molecule has 0 amide bonds. The lowest BCUT2D eigenvalue weighted by Gasteiger charge is -2.23. The molecule has 1 aromatic heterocycles. The van der Waals surface area contributed by atoms with Gasteiger partial charge in [0.1, 0.15) is 0 Å². The van der Waals surface area contributed by atoms with E-state index in [2.05, 4.69) is 16.8 Å². The number of rotatable bonds is 6. The van der Waals surface area contributed by atoms with E-state index in [0.717, 1.165) is 31.1 Å². The van der Waals surface area contributed by atoms with Crippen molar-refractivity contribution in [2.75, 3.05) is 31.0 Å². The second-order valence-electron chi connectivity index (χ2n) is 3.15. The van der Waals surface area contributed by atoms with E-state index in [1.807, 2.05) is 12.1 Å². The highest BCUT2D eigenvalue weighted by atomic mass is 35.5. The van der Waals surface area contributed by atoms with Crippen molar-refractivity contribution in [1.29, 1.82) is 0 Å². The summed E-state index contributed by atoms with van der Waals surface area (Å²) in [7, 11) is 1.66. The van der Waals surface area contributed by atoms with Crippen molar-refractivity contribution < 1.29 is 4.74 Å². The van der Waals surface area contributed by atoms with E-state index in [0.29, 0.717) is 5.88 Å². The molecule has 0 aliphatic heterocycles. The molecule has 1 aromatic rings. The van der Waals surface area contributed by atoms with Crippen molar-refractivity contribution in [2.45, 2.75) is 13.3 Å². The Morgan fingerprint density at radius 1 is 1.53 bits per heavy atom. The lowest BCUT2D eigenvalue weighted by atomic mass is 10.3. The average molecular weight is 229 g/mol. The summed E-state index contributed by atoms with van der Waals surface area (Å²) in [5.74, 6) is 2.38. The van der Waals surface area contributed by atoms with Crippen LogP contribution in [0.3, 0.4) is 0 Å². The smallest absolute Gasteiger partial charge is 0.171 e. The van der Waals surface area contributed by atoms with E-state index in [9.17, 15) is 0 Å². The molecule has 0 unspecified atom stereocenters. The normalized spacial score (nSPS) is 10.1. The largest absolute Gasteiger partial charge is 0.493 e. The summed E-state index contributed by atoms with van der Waals surface area (Å²) in [4.78, 5) is 6.50. The third-order valence-corrected chi connectivity index (χ3v) is 2.48. The van der Waals surface area contributed by atoms with Gasteiger partial charge in [-0.3, -0.25) is 0 Å². The summed E-state index contributed by atoms with van der Waals surface area (Å²) in [6.07, 6.45) is 2.73. The first-order valence-electron chi connectivity index (χ1n) is 5.13. The van der Waals surface area contributed by atoms with Crippen molar-refractivity contribution in [3.8, 4) is 5.75 Å². The molecule has 0 bridgehead atoms. The fraction of sp³-hybridized carbons (Fsp3) is 0.545. The molecule has 15 heavy (non-hydrogen) atoms. The highest BCUT2D eigenvalue weighted by Crippen LogP contribution is 2.24. The first-order chi connectivity index (χ1) is 7.33. The van der Waals surface area contributed by atoms with E-state index in [-0.39, 0.29) is 0 Å². The number of aromatic nitrogens is 1. The molecule has 84 valence electrons. The standard InChI is InChI=1S/C11H17ClN2O/c1-3-14(9-5-7-12)11-10(15-2)6-4-8-13-11/h4,6,8H,3,5,7,9H2,1-2H3. The van der Waals surface area contributed by atoms with Crippen LogP contribution in [0, 0.1) is 0 Å². The molecular formula is C11H17ClN2O. The van der Waals surface area contributed by atoms with Crippen LogP contribution >= 0.6 is 11.6 Å². The molecule has 0 aliphatic carbocycles. The Morgan fingerprint density at radius 3 is 2.93 bits per heavy atom. The highest BCUT2D eigenvalue weighted by Gasteiger charge is 2.10. The highest BCUT2D eigenvalue weighted by molar-refractivity contribution is 6.17. The van der Waals surface area contributed by atoms with Gasteiger partial charge < -0.3 is 9.64 Å². The van der Waals surface area contributed by atoms with Crippen LogP contribution in [0.4, 0.5) is 5.82 Å². The zero-order valence-electron chi connectivity index (χ0n) is 9.24. The fourth-order valence-electron chi connectivity index (χ4n) is 1.44. The Bertz CT molecular complexity index is 294. The van der Waals surface area contributed by atoms with Gasteiger partial charge in [0.2, 0.25) is 0 Å². The molecule has 0 saturated heterocycles. The van der Waals surface area contributed by atoms with Crippen molar-refractivity contribution in [3.05, 3.63) is 18.3 Å². The maximum Gasteiger partial charge on any atom is 0.171 e. The monoisotopic (exact) mass is 228 g/mol. The van der Waals surface area contributed by atoms with Crippen molar-refractivity contribution in [3.63, 3.8) is 0 Å². The van der Waals surface area contributed by atoms with E-state index in [1.54, 1.807) is 13.3 Å². The summed E-state index contributed by atoms with van der Waals surface area (Å²) in [5.41, 5.74) is 0. The summed E-state index contributed by atoms with van der Waals surface area (Å²) < 4.78 is 5.27. The minimum absolute atomic E-state index is 0.672. The van der Waals surface area contributed by atoms with Gasteiger partial charge in [-0.1, -0.05) is 0 Å². The van der Waals surface area contributed by atoms with Crippen LogP contribution in [-0.2, 0) is 0 Å². The average Bonchev–Trinajstić information content (AvgIpc) is 2.30. The molecule has 0 atom stereocenters. The van der Waals surface area contributed by atoms with E-state index in [4.69, 9.17) is 16.3 Å². The second-order valence-corrected chi connectivity index (χ2v) is 3.53. The van der Waals surface area contributed by atoms with Gasteiger partial charge in [-0.25, -0.2) is 4.98 Å². The summed E-state index contributed by atoms with van der Waals surface area (Å²) in [6, 6.07) is 3.80. The number of halogens is 1. The number of pyridine rings is 1. The van der Waals surface area contributed by atoms with Crippen LogP contribution < -0.4 is 9.64 Å². The molecule has 1 rings (SSSR count). The Labute approximate surface area is 96.0 Å². The van der Waals surface area contributed by atoms with E-state index in [1.165, 1.54) is 0 Å². The molecule has 0 aliphatic rings. The van der Waals surface area contributed by atoms with Gasteiger partial charge in [-0.15, -0.1) is 11.6 Å². The fourth-order valence-corrected chi connectivity index (χ4v) is 1.56. The Hall–Kier alpha value is -0.960. The van der Waals surface area contributed by atoms with Gasteiger partial charge >= 0.3 is 0 Å². The first-order valence-corrected chi connectivity index (χ1v) is 5.66. The van der Waals surface area contributed by atoms with E-state index < -0.39 is 0 Å².